The van der Waals surface area contributed by atoms with Crippen LogP contribution in [-0.2, 0) is 16.1 Å². The van der Waals surface area contributed by atoms with Crippen molar-refractivity contribution in [2.45, 2.75) is 32.4 Å². The molecule has 2 rings (SSSR count). The normalized spacial score (nSPS) is 15.6. The summed E-state index contributed by atoms with van der Waals surface area (Å²) in [4.78, 5) is 50.3. The minimum Gasteiger partial charge on any atom is -0.355 e. The number of carbonyl (C=O) groups is 4. The molecule has 1 aliphatic rings. The summed E-state index contributed by atoms with van der Waals surface area (Å²) >= 11 is 0. The summed E-state index contributed by atoms with van der Waals surface area (Å²) in [5.74, 6) is -0.675. The second kappa shape index (κ2) is 7.55. The van der Waals surface area contributed by atoms with Gasteiger partial charge in [0.2, 0.25) is 5.91 Å². The molecule has 5 amide bonds. The standard InChI is InChI=1S/C18H24N4O4/c1-18(2)16(25)22(17(26)20-18)10-9-14(23)21(4)11-12-5-7-13(8-6-12)15(24)19-3/h5-8H,9-11H2,1-4H3,(H,19,24)(H,20,26). The zero-order valence-electron chi connectivity index (χ0n) is 15.5. The minimum atomic E-state index is -0.932. The molecule has 1 fully saturated rings. The third-order valence-electron chi connectivity index (χ3n) is 4.28. The molecule has 0 spiro atoms. The maximum absolute atomic E-state index is 12.3. The van der Waals surface area contributed by atoms with E-state index in [0.29, 0.717) is 12.1 Å². The summed E-state index contributed by atoms with van der Waals surface area (Å²) in [6, 6.07) is 6.49. The van der Waals surface area contributed by atoms with E-state index >= 15 is 0 Å². The molecule has 0 bridgehead atoms. The Morgan fingerprint density at radius 2 is 1.81 bits per heavy atom. The van der Waals surface area contributed by atoms with E-state index in [4.69, 9.17) is 0 Å². The second-order valence-electron chi connectivity index (χ2n) is 6.79. The lowest BCUT2D eigenvalue weighted by Crippen LogP contribution is -2.40. The Hall–Kier alpha value is -2.90. The molecular weight excluding hydrogens is 336 g/mol. The zero-order valence-corrected chi connectivity index (χ0v) is 15.5. The van der Waals surface area contributed by atoms with E-state index in [-0.39, 0.29) is 30.7 Å². The van der Waals surface area contributed by atoms with Gasteiger partial charge in [0.15, 0.2) is 0 Å². The molecule has 1 aromatic carbocycles. The van der Waals surface area contributed by atoms with Gasteiger partial charge in [-0.2, -0.15) is 0 Å². The SMILES string of the molecule is CNC(=O)c1ccc(CN(C)C(=O)CCN2C(=O)NC(C)(C)C2=O)cc1. The molecule has 1 aromatic rings. The average Bonchev–Trinajstić information content (AvgIpc) is 2.80. The molecule has 140 valence electrons. The number of rotatable bonds is 6. The number of urea groups is 1. The monoisotopic (exact) mass is 360 g/mol. The van der Waals surface area contributed by atoms with Crippen LogP contribution in [-0.4, -0.2) is 59.7 Å². The number of imide groups is 1. The van der Waals surface area contributed by atoms with Crippen LogP contribution in [0.3, 0.4) is 0 Å². The van der Waals surface area contributed by atoms with Crippen LogP contribution >= 0.6 is 0 Å². The van der Waals surface area contributed by atoms with E-state index in [0.717, 1.165) is 10.5 Å². The first-order chi connectivity index (χ1) is 12.2. The lowest BCUT2D eigenvalue weighted by atomic mass is 10.1. The van der Waals surface area contributed by atoms with Gasteiger partial charge in [-0.3, -0.25) is 19.3 Å². The molecule has 8 heteroatoms. The predicted molar refractivity (Wildman–Crippen MR) is 95.2 cm³/mol. The molecule has 0 radical (unpaired) electrons. The van der Waals surface area contributed by atoms with E-state index in [1.54, 1.807) is 52.2 Å². The Morgan fingerprint density at radius 3 is 2.31 bits per heavy atom. The van der Waals surface area contributed by atoms with Gasteiger partial charge in [-0.15, -0.1) is 0 Å². The van der Waals surface area contributed by atoms with E-state index in [9.17, 15) is 19.2 Å². The predicted octanol–water partition coefficient (Wildman–Crippen LogP) is 0.725. The van der Waals surface area contributed by atoms with Gasteiger partial charge in [-0.1, -0.05) is 12.1 Å². The Morgan fingerprint density at radius 1 is 1.19 bits per heavy atom. The number of amides is 5. The van der Waals surface area contributed by atoms with Crippen molar-refractivity contribution in [2.75, 3.05) is 20.6 Å². The van der Waals surface area contributed by atoms with Gasteiger partial charge in [0.25, 0.3) is 11.8 Å². The number of hydrogen-bond donors (Lipinski definition) is 2. The van der Waals surface area contributed by atoms with E-state index in [1.807, 2.05) is 0 Å². The van der Waals surface area contributed by atoms with Crippen molar-refractivity contribution in [2.24, 2.45) is 0 Å². The van der Waals surface area contributed by atoms with Crippen LogP contribution in [0.5, 0.6) is 0 Å². The summed E-state index contributed by atoms with van der Waals surface area (Å²) in [5, 5.41) is 5.13. The molecule has 1 heterocycles. The smallest absolute Gasteiger partial charge is 0.325 e. The fourth-order valence-corrected chi connectivity index (χ4v) is 2.69. The van der Waals surface area contributed by atoms with Crippen molar-refractivity contribution in [3.05, 3.63) is 35.4 Å². The highest BCUT2D eigenvalue weighted by Crippen LogP contribution is 2.17. The van der Waals surface area contributed by atoms with Crippen molar-refractivity contribution in [3.8, 4) is 0 Å². The molecule has 8 nitrogen and oxygen atoms in total. The maximum Gasteiger partial charge on any atom is 0.325 e. The number of benzene rings is 1. The summed E-state index contributed by atoms with van der Waals surface area (Å²) in [7, 11) is 3.22. The molecular formula is C18H24N4O4. The third kappa shape index (κ3) is 4.19. The summed E-state index contributed by atoms with van der Waals surface area (Å²) in [6.07, 6.45) is 0.0576. The third-order valence-corrected chi connectivity index (χ3v) is 4.28. The van der Waals surface area contributed by atoms with Crippen LogP contribution in [0.15, 0.2) is 24.3 Å². The molecule has 2 N–H and O–H groups in total. The molecule has 26 heavy (non-hydrogen) atoms. The number of hydrogen-bond acceptors (Lipinski definition) is 4. The molecule has 1 aliphatic heterocycles. The van der Waals surface area contributed by atoms with Crippen molar-refractivity contribution in [1.82, 2.24) is 20.4 Å². The maximum atomic E-state index is 12.3. The highest BCUT2D eigenvalue weighted by Gasteiger charge is 2.44. The zero-order chi connectivity index (χ0) is 19.5. The van der Waals surface area contributed by atoms with Crippen molar-refractivity contribution in [3.63, 3.8) is 0 Å². The Labute approximate surface area is 152 Å². The molecule has 0 aromatic heterocycles. The summed E-state index contributed by atoms with van der Waals surface area (Å²) < 4.78 is 0. The molecule has 0 atom stereocenters. The van der Waals surface area contributed by atoms with Crippen LogP contribution in [0.2, 0.25) is 0 Å². The Bertz CT molecular complexity index is 727. The highest BCUT2D eigenvalue weighted by molar-refractivity contribution is 6.06. The van der Waals surface area contributed by atoms with Gasteiger partial charge in [0, 0.05) is 39.2 Å². The van der Waals surface area contributed by atoms with Gasteiger partial charge in [0.05, 0.1) is 0 Å². The topological polar surface area (TPSA) is 98.8 Å². The van der Waals surface area contributed by atoms with Crippen LogP contribution < -0.4 is 10.6 Å². The fraction of sp³-hybridized carbons (Fsp3) is 0.444. The lowest BCUT2D eigenvalue weighted by molar-refractivity contribution is -0.132. The van der Waals surface area contributed by atoms with Crippen molar-refractivity contribution < 1.29 is 19.2 Å². The first kappa shape index (κ1) is 19.4. The average molecular weight is 360 g/mol. The van der Waals surface area contributed by atoms with Gasteiger partial charge in [-0.25, -0.2) is 4.79 Å². The van der Waals surface area contributed by atoms with Crippen LogP contribution in [0.4, 0.5) is 4.79 Å². The number of nitrogens with zero attached hydrogens (tertiary/aromatic N) is 2. The van der Waals surface area contributed by atoms with E-state index in [1.165, 1.54) is 4.90 Å². The fourth-order valence-electron chi connectivity index (χ4n) is 2.69. The Kier molecular flexibility index (Phi) is 5.64. The Balaban J connectivity index is 1.89. The van der Waals surface area contributed by atoms with Gasteiger partial charge >= 0.3 is 6.03 Å². The highest BCUT2D eigenvalue weighted by atomic mass is 16.2. The van der Waals surface area contributed by atoms with Crippen LogP contribution in [0.1, 0.15) is 36.2 Å². The van der Waals surface area contributed by atoms with Crippen molar-refractivity contribution >= 4 is 23.8 Å². The quantitative estimate of drug-likeness (QED) is 0.731. The number of nitrogens with one attached hydrogen (secondary N) is 2. The van der Waals surface area contributed by atoms with Crippen molar-refractivity contribution in [1.29, 1.82) is 0 Å². The van der Waals surface area contributed by atoms with Gasteiger partial charge < -0.3 is 15.5 Å². The van der Waals surface area contributed by atoms with E-state index < -0.39 is 11.6 Å². The molecule has 0 aliphatic carbocycles. The molecule has 0 saturated carbocycles. The summed E-state index contributed by atoms with van der Waals surface area (Å²) in [6.45, 7) is 3.68. The second-order valence-corrected chi connectivity index (χ2v) is 6.79. The van der Waals surface area contributed by atoms with E-state index in [2.05, 4.69) is 10.6 Å². The van der Waals surface area contributed by atoms with Crippen LogP contribution in [0.25, 0.3) is 0 Å². The minimum absolute atomic E-state index is 0.0485. The number of carbonyl (C=O) groups excluding carboxylic acids is 4. The molecule has 1 saturated heterocycles. The first-order valence-corrected chi connectivity index (χ1v) is 8.35. The molecule has 0 unspecified atom stereocenters. The summed E-state index contributed by atoms with van der Waals surface area (Å²) in [5.41, 5.74) is 0.495. The lowest BCUT2D eigenvalue weighted by Gasteiger charge is -2.20. The first-order valence-electron chi connectivity index (χ1n) is 8.35. The largest absolute Gasteiger partial charge is 0.355 e. The van der Waals surface area contributed by atoms with Gasteiger partial charge in [0.1, 0.15) is 5.54 Å². The van der Waals surface area contributed by atoms with Crippen LogP contribution in [0, 0.1) is 0 Å². The van der Waals surface area contributed by atoms with Gasteiger partial charge in [-0.05, 0) is 31.5 Å².